The SMILES string of the molecule is O.O.O.O=P(O)(O)O.[K].[K].[K]. The molecule has 0 heterocycles. The fraction of sp³-hybridized carbons (Fsp3) is 0. The third-order valence-corrected chi connectivity index (χ3v) is 0. The molecule has 0 spiro atoms. The van der Waals surface area contributed by atoms with Gasteiger partial charge in [0, 0.05) is 154 Å². The first-order chi connectivity index (χ1) is 2.00. The topological polar surface area (TPSA) is 172 Å². The van der Waals surface area contributed by atoms with Crippen LogP contribution in [0.1, 0.15) is 0 Å². The van der Waals surface area contributed by atoms with Crippen molar-refractivity contribution in [2.45, 2.75) is 0 Å². The third kappa shape index (κ3) is 103. The van der Waals surface area contributed by atoms with Gasteiger partial charge in [0.05, 0.1) is 0 Å². The summed E-state index contributed by atoms with van der Waals surface area (Å²) in [7, 11) is -4.64. The van der Waals surface area contributed by atoms with Crippen molar-refractivity contribution < 1.29 is 35.7 Å². The first kappa shape index (κ1) is 44.6. The van der Waals surface area contributed by atoms with E-state index in [9.17, 15) is 0 Å². The van der Waals surface area contributed by atoms with Gasteiger partial charge in [0.25, 0.3) is 0 Å². The molecule has 0 aliphatic heterocycles. The standard InChI is InChI=1S/3K.H3O4P.3H2O/c;;;1-5(2,3)4;;;/h;;;(H3,1,2,3,4);3*1H2. The van der Waals surface area contributed by atoms with Crippen molar-refractivity contribution in [2.75, 3.05) is 0 Å². The largest absolute Gasteiger partial charge is 0.466 e. The van der Waals surface area contributed by atoms with Gasteiger partial charge in [0.15, 0.2) is 0 Å². The van der Waals surface area contributed by atoms with Gasteiger partial charge in [-0.25, -0.2) is 4.57 Å². The molecule has 0 atom stereocenters. The fourth-order valence-corrected chi connectivity index (χ4v) is 0. The van der Waals surface area contributed by atoms with Crippen LogP contribution in [-0.2, 0) is 4.57 Å². The average Bonchev–Trinajstić information content (AvgIpc) is 0.722. The Morgan fingerprint density at radius 2 is 0.727 bits per heavy atom. The second-order valence-electron chi connectivity index (χ2n) is 0.513. The van der Waals surface area contributed by atoms with Crippen molar-refractivity contribution in [3.05, 3.63) is 0 Å². The van der Waals surface area contributed by atoms with Crippen LogP contribution in [0.4, 0.5) is 0 Å². The van der Waals surface area contributed by atoms with E-state index in [-0.39, 0.29) is 171 Å². The van der Waals surface area contributed by atoms with E-state index in [1.165, 1.54) is 0 Å². The van der Waals surface area contributed by atoms with Gasteiger partial charge in [-0.1, -0.05) is 0 Å². The van der Waals surface area contributed by atoms with Crippen LogP contribution in [-0.4, -0.2) is 185 Å². The van der Waals surface area contributed by atoms with Crippen LogP contribution in [0.25, 0.3) is 0 Å². The van der Waals surface area contributed by atoms with Gasteiger partial charge < -0.3 is 31.1 Å². The molecule has 11 heavy (non-hydrogen) atoms. The summed E-state index contributed by atoms with van der Waals surface area (Å²) in [4.78, 5) is 21.6. The molecular formula is H9K3O7P. The van der Waals surface area contributed by atoms with Gasteiger partial charge in [0.2, 0.25) is 0 Å². The Labute approximate surface area is 192 Å². The molecule has 9 N–H and O–H groups in total. The van der Waals surface area contributed by atoms with Crippen LogP contribution in [0.5, 0.6) is 0 Å². The molecule has 0 aromatic rings. The Morgan fingerprint density at radius 3 is 0.727 bits per heavy atom. The fourth-order valence-electron chi connectivity index (χ4n) is 0. The van der Waals surface area contributed by atoms with E-state index in [1.807, 2.05) is 0 Å². The average molecular weight is 269 g/mol. The zero-order chi connectivity index (χ0) is 4.50. The monoisotopic (exact) mass is 269 g/mol. The third-order valence-electron chi connectivity index (χ3n) is 0. The Bertz CT molecular complexity index is 59.8. The molecule has 7 nitrogen and oxygen atoms in total. The molecule has 0 aromatic carbocycles. The van der Waals surface area contributed by atoms with E-state index in [4.69, 9.17) is 19.2 Å². The normalized spacial score (nSPS) is 5.36. The molecule has 3 radical (unpaired) electrons. The van der Waals surface area contributed by atoms with E-state index < -0.39 is 7.82 Å². The maximum atomic E-state index is 8.88. The van der Waals surface area contributed by atoms with E-state index in [0.717, 1.165) is 0 Å². The molecule has 0 bridgehead atoms. The van der Waals surface area contributed by atoms with Crippen LogP contribution < -0.4 is 0 Å². The van der Waals surface area contributed by atoms with Crippen LogP contribution >= 0.6 is 7.82 Å². The van der Waals surface area contributed by atoms with E-state index in [0.29, 0.717) is 0 Å². The molecule has 0 unspecified atom stereocenters. The van der Waals surface area contributed by atoms with Crippen molar-refractivity contribution in [1.82, 2.24) is 0 Å². The summed E-state index contributed by atoms with van der Waals surface area (Å²) < 4.78 is 8.88. The first-order valence-electron chi connectivity index (χ1n) is 0.783. The summed E-state index contributed by atoms with van der Waals surface area (Å²) in [6, 6.07) is 0. The Morgan fingerprint density at radius 1 is 0.727 bits per heavy atom. The van der Waals surface area contributed by atoms with Gasteiger partial charge in [0.1, 0.15) is 0 Å². The van der Waals surface area contributed by atoms with Gasteiger partial charge in [-0.2, -0.15) is 0 Å². The summed E-state index contributed by atoms with van der Waals surface area (Å²) in [6.45, 7) is 0. The quantitative estimate of drug-likeness (QED) is 0.297. The van der Waals surface area contributed by atoms with Gasteiger partial charge in [-0.3, -0.25) is 0 Å². The number of rotatable bonds is 0. The van der Waals surface area contributed by atoms with Crippen LogP contribution in [0.15, 0.2) is 0 Å². The molecule has 0 aliphatic carbocycles. The zero-order valence-electron chi connectivity index (χ0n) is 6.70. The predicted molar refractivity (Wildman–Crippen MR) is 42.4 cm³/mol. The van der Waals surface area contributed by atoms with E-state index >= 15 is 0 Å². The minimum atomic E-state index is -4.64. The molecule has 0 saturated carbocycles. The predicted octanol–water partition coefficient (Wildman–Crippen LogP) is -4.55. The molecule has 0 saturated heterocycles. The molecule has 0 aromatic heterocycles. The molecule has 11 heteroatoms. The second kappa shape index (κ2) is 24.2. The number of hydrogen-bond donors (Lipinski definition) is 3. The van der Waals surface area contributed by atoms with Gasteiger partial charge >= 0.3 is 7.82 Å². The van der Waals surface area contributed by atoms with E-state index in [2.05, 4.69) is 0 Å². The second-order valence-corrected chi connectivity index (χ2v) is 1.54. The summed E-state index contributed by atoms with van der Waals surface area (Å²) >= 11 is 0. The molecule has 0 fully saturated rings. The summed E-state index contributed by atoms with van der Waals surface area (Å²) in [5.41, 5.74) is 0. The Balaban J connectivity index is -0.00000000533. The van der Waals surface area contributed by atoms with Crippen molar-refractivity contribution >= 4 is 162 Å². The maximum Gasteiger partial charge on any atom is 0.466 e. The van der Waals surface area contributed by atoms with Crippen LogP contribution in [0.2, 0.25) is 0 Å². The summed E-state index contributed by atoms with van der Waals surface area (Å²) in [6.07, 6.45) is 0. The molecule has 0 aliphatic rings. The van der Waals surface area contributed by atoms with Gasteiger partial charge in [-0.05, 0) is 0 Å². The van der Waals surface area contributed by atoms with Crippen molar-refractivity contribution in [2.24, 2.45) is 0 Å². The van der Waals surface area contributed by atoms with Crippen molar-refractivity contribution in [1.29, 1.82) is 0 Å². The van der Waals surface area contributed by atoms with Crippen molar-refractivity contribution in [3.8, 4) is 0 Å². The first-order valence-corrected chi connectivity index (χ1v) is 2.35. The molecule has 0 rings (SSSR count). The molecular weight excluding hydrogens is 260 g/mol. The van der Waals surface area contributed by atoms with Crippen LogP contribution in [0, 0.1) is 0 Å². The summed E-state index contributed by atoms with van der Waals surface area (Å²) in [5, 5.41) is 0. The van der Waals surface area contributed by atoms with Crippen molar-refractivity contribution in [3.63, 3.8) is 0 Å². The molecule has 59 valence electrons. The van der Waals surface area contributed by atoms with Gasteiger partial charge in [-0.15, -0.1) is 0 Å². The Hall–Kier alpha value is 4.90. The smallest absolute Gasteiger partial charge is 0.412 e. The van der Waals surface area contributed by atoms with E-state index in [1.54, 1.807) is 0 Å². The number of phosphoric acid groups is 1. The molecule has 0 amide bonds. The summed E-state index contributed by atoms with van der Waals surface area (Å²) in [5.74, 6) is 0. The minimum Gasteiger partial charge on any atom is -0.412 e. The minimum absolute atomic E-state index is 0. The zero-order valence-corrected chi connectivity index (χ0v) is 17.0. The Kier molecular flexibility index (Phi) is 98.2. The number of hydrogen-bond acceptors (Lipinski definition) is 1. The van der Waals surface area contributed by atoms with Crippen LogP contribution in [0.3, 0.4) is 0 Å². The maximum absolute atomic E-state index is 8.88.